The summed E-state index contributed by atoms with van der Waals surface area (Å²) < 4.78 is 11.5. The summed E-state index contributed by atoms with van der Waals surface area (Å²) >= 11 is 0. The molecule has 0 saturated carbocycles. The van der Waals surface area contributed by atoms with Gasteiger partial charge in [-0.3, -0.25) is 0 Å². The van der Waals surface area contributed by atoms with Crippen LogP contribution < -0.4 is 20.3 Å². The van der Waals surface area contributed by atoms with Crippen LogP contribution in [0, 0.1) is 0 Å². The van der Waals surface area contributed by atoms with E-state index in [4.69, 9.17) is 19.4 Å². The molecule has 0 aliphatic carbocycles. The largest absolute Gasteiger partial charge is 0.473 e. The highest BCUT2D eigenvalue weighted by atomic mass is 35.5. The Balaban J connectivity index is 0.00000308. The molecule has 1 atom stereocenters. The molecule has 1 unspecified atom stereocenters. The summed E-state index contributed by atoms with van der Waals surface area (Å²) in [5.41, 5.74) is 5.26. The number of fused-ring (bicyclic) bond motifs is 1. The summed E-state index contributed by atoms with van der Waals surface area (Å²) in [7, 11) is 0. The zero-order chi connectivity index (χ0) is 25.7. The second kappa shape index (κ2) is 12.4. The summed E-state index contributed by atoms with van der Waals surface area (Å²) in [4.78, 5) is 21.2. The van der Waals surface area contributed by atoms with Gasteiger partial charge in [0.25, 0.3) is 0 Å². The molecule has 0 radical (unpaired) electrons. The van der Waals surface area contributed by atoms with Crippen LogP contribution in [0.5, 0.6) is 5.88 Å². The number of hydrogen-bond donors (Lipinski definition) is 2. The van der Waals surface area contributed by atoms with Gasteiger partial charge in [0.1, 0.15) is 12.4 Å². The Kier molecular flexibility index (Phi) is 8.51. The van der Waals surface area contributed by atoms with E-state index in [-0.39, 0.29) is 18.4 Å². The van der Waals surface area contributed by atoms with Crippen LogP contribution >= 0.6 is 12.4 Å². The van der Waals surface area contributed by atoms with Crippen molar-refractivity contribution in [2.24, 2.45) is 0 Å². The molecule has 4 heterocycles. The Morgan fingerprint density at radius 3 is 2.72 bits per heavy atom. The minimum atomic E-state index is 0. The van der Waals surface area contributed by atoms with Crippen LogP contribution in [-0.4, -0.2) is 52.3 Å². The molecule has 1 fully saturated rings. The maximum atomic E-state index is 5.84. The molecule has 2 N–H and O–H groups in total. The Bertz CT molecular complexity index is 1390. The zero-order valence-corrected chi connectivity index (χ0v) is 22.7. The van der Waals surface area contributed by atoms with E-state index in [0.29, 0.717) is 25.0 Å². The minimum Gasteiger partial charge on any atom is -0.473 e. The predicted molar refractivity (Wildman–Crippen MR) is 154 cm³/mol. The van der Waals surface area contributed by atoms with Crippen molar-refractivity contribution in [3.8, 4) is 17.3 Å². The van der Waals surface area contributed by atoms with Gasteiger partial charge >= 0.3 is 0 Å². The third kappa shape index (κ3) is 6.27. The predicted octanol–water partition coefficient (Wildman–Crippen LogP) is 4.55. The van der Waals surface area contributed by atoms with Gasteiger partial charge in [0, 0.05) is 42.2 Å². The third-order valence-electron chi connectivity index (χ3n) is 6.81. The van der Waals surface area contributed by atoms with Crippen molar-refractivity contribution < 1.29 is 9.47 Å². The van der Waals surface area contributed by atoms with Crippen LogP contribution in [0.3, 0.4) is 0 Å². The Morgan fingerprint density at radius 1 is 1.05 bits per heavy atom. The molecule has 9 nitrogen and oxygen atoms in total. The van der Waals surface area contributed by atoms with Gasteiger partial charge in [0.15, 0.2) is 5.82 Å². The topological polar surface area (TPSA) is 97.3 Å². The van der Waals surface area contributed by atoms with Crippen LogP contribution in [0.1, 0.15) is 23.7 Å². The molecular weight excluding hydrogens is 514 g/mol. The molecule has 39 heavy (non-hydrogen) atoms. The number of nitrogens with zero attached hydrogens (tertiary/aromatic N) is 5. The molecule has 0 amide bonds. The fourth-order valence-electron chi connectivity index (χ4n) is 4.79. The van der Waals surface area contributed by atoms with Crippen molar-refractivity contribution in [3.05, 3.63) is 83.7 Å². The monoisotopic (exact) mass is 545 g/mol. The lowest BCUT2D eigenvalue weighted by molar-refractivity contribution is 0.0984. The lowest BCUT2D eigenvalue weighted by Crippen LogP contribution is -2.45. The van der Waals surface area contributed by atoms with Crippen LogP contribution in [0.15, 0.2) is 66.9 Å². The van der Waals surface area contributed by atoms with Gasteiger partial charge in [-0.25, -0.2) is 15.0 Å². The van der Waals surface area contributed by atoms with Gasteiger partial charge in [0.05, 0.1) is 24.9 Å². The first-order chi connectivity index (χ1) is 18.7. The molecule has 0 bridgehead atoms. The van der Waals surface area contributed by atoms with Crippen LogP contribution in [0.25, 0.3) is 11.4 Å². The SMILES string of the molecule is CC1COCCN1c1nc(-c2ccc(Nc3nccc(OCc4ccccc4)n3)cc2)nc2c1CCNC2.Cl. The second-order valence-electron chi connectivity index (χ2n) is 9.54. The number of benzene rings is 2. The molecule has 202 valence electrons. The first-order valence-corrected chi connectivity index (χ1v) is 13.0. The van der Waals surface area contributed by atoms with E-state index in [1.54, 1.807) is 12.3 Å². The van der Waals surface area contributed by atoms with Gasteiger partial charge in [-0.2, -0.15) is 4.98 Å². The number of rotatable bonds is 7. The number of anilines is 3. The first-order valence-electron chi connectivity index (χ1n) is 13.0. The summed E-state index contributed by atoms with van der Waals surface area (Å²) in [6.45, 7) is 6.63. The van der Waals surface area contributed by atoms with Gasteiger partial charge in [-0.15, -0.1) is 12.4 Å². The molecular formula is C29H32ClN7O2. The van der Waals surface area contributed by atoms with E-state index in [1.165, 1.54) is 5.56 Å². The van der Waals surface area contributed by atoms with E-state index < -0.39 is 0 Å². The van der Waals surface area contributed by atoms with Crippen molar-refractivity contribution in [1.29, 1.82) is 0 Å². The Hall–Kier alpha value is -3.79. The average Bonchev–Trinajstić information content (AvgIpc) is 2.97. The Morgan fingerprint density at radius 2 is 1.90 bits per heavy atom. The van der Waals surface area contributed by atoms with Crippen molar-refractivity contribution >= 4 is 29.9 Å². The molecule has 6 rings (SSSR count). The normalized spacial score (nSPS) is 16.6. The molecule has 2 aromatic heterocycles. The van der Waals surface area contributed by atoms with Gasteiger partial charge in [-0.1, -0.05) is 30.3 Å². The van der Waals surface area contributed by atoms with Crippen molar-refractivity contribution in [2.75, 3.05) is 36.5 Å². The van der Waals surface area contributed by atoms with Gasteiger partial charge in [0.2, 0.25) is 11.8 Å². The van der Waals surface area contributed by atoms with Crippen molar-refractivity contribution in [2.45, 2.75) is 32.5 Å². The smallest absolute Gasteiger partial charge is 0.230 e. The zero-order valence-electron chi connectivity index (χ0n) is 21.8. The highest BCUT2D eigenvalue weighted by Crippen LogP contribution is 2.30. The summed E-state index contributed by atoms with van der Waals surface area (Å²) in [5.74, 6) is 2.78. The van der Waals surface area contributed by atoms with Gasteiger partial charge < -0.3 is 25.0 Å². The molecule has 2 aliphatic rings. The average molecular weight is 546 g/mol. The number of ether oxygens (including phenoxy) is 2. The number of halogens is 1. The number of hydrogen-bond acceptors (Lipinski definition) is 9. The van der Waals surface area contributed by atoms with Crippen molar-refractivity contribution in [3.63, 3.8) is 0 Å². The fourth-order valence-corrected chi connectivity index (χ4v) is 4.79. The van der Waals surface area contributed by atoms with E-state index in [2.05, 4.69) is 32.4 Å². The first kappa shape index (κ1) is 26.8. The standard InChI is InChI=1S/C29H31N7O2.ClH/c1-20-18-37-16-15-36(20)28-24-11-13-30-17-25(24)33-27(35-28)22-7-9-23(10-8-22)32-29-31-14-12-26(34-29)38-19-21-5-3-2-4-6-21;/h2-10,12,14,20,30H,11,13,15-19H2,1H3,(H,31,32,34);1H. The van der Waals surface area contributed by atoms with Crippen LogP contribution in [0.2, 0.25) is 0 Å². The second-order valence-corrected chi connectivity index (χ2v) is 9.54. The molecule has 2 aliphatic heterocycles. The maximum absolute atomic E-state index is 5.84. The summed E-state index contributed by atoms with van der Waals surface area (Å²) in [5, 5.41) is 6.72. The van der Waals surface area contributed by atoms with E-state index in [1.807, 2.05) is 54.6 Å². The van der Waals surface area contributed by atoms with Crippen LogP contribution in [0.4, 0.5) is 17.5 Å². The quantitative estimate of drug-likeness (QED) is 0.346. The van der Waals surface area contributed by atoms with Crippen molar-refractivity contribution in [1.82, 2.24) is 25.3 Å². The lowest BCUT2D eigenvalue weighted by atomic mass is 10.0. The lowest BCUT2D eigenvalue weighted by Gasteiger charge is -2.36. The number of morpholine rings is 1. The summed E-state index contributed by atoms with van der Waals surface area (Å²) in [6.07, 6.45) is 2.62. The van der Waals surface area contributed by atoms with E-state index in [9.17, 15) is 0 Å². The molecule has 1 saturated heterocycles. The highest BCUT2D eigenvalue weighted by molar-refractivity contribution is 5.85. The molecule has 4 aromatic rings. The number of nitrogens with one attached hydrogen (secondary N) is 2. The molecule has 2 aromatic carbocycles. The van der Waals surface area contributed by atoms with E-state index in [0.717, 1.165) is 66.8 Å². The molecule has 0 spiro atoms. The molecule has 10 heteroatoms. The Labute approximate surface area is 234 Å². The van der Waals surface area contributed by atoms with E-state index >= 15 is 0 Å². The number of aromatic nitrogens is 4. The minimum absolute atomic E-state index is 0. The van der Waals surface area contributed by atoms with Gasteiger partial charge in [-0.05, 0) is 49.7 Å². The van der Waals surface area contributed by atoms with Crippen LogP contribution in [-0.2, 0) is 24.3 Å². The highest BCUT2D eigenvalue weighted by Gasteiger charge is 2.27. The third-order valence-corrected chi connectivity index (χ3v) is 6.81. The maximum Gasteiger partial charge on any atom is 0.230 e. The summed E-state index contributed by atoms with van der Waals surface area (Å²) in [6, 6.07) is 20.1. The fraction of sp³-hybridized carbons (Fsp3) is 0.310.